The van der Waals surface area contributed by atoms with Gasteiger partial charge < -0.3 is 19.2 Å². The normalized spacial score (nSPS) is 15.7. The van der Waals surface area contributed by atoms with E-state index >= 15 is 0 Å². The van der Waals surface area contributed by atoms with Crippen LogP contribution in [0.15, 0.2) is 39.9 Å². The summed E-state index contributed by atoms with van der Waals surface area (Å²) in [6, 6.07) is 7.29. The van der Waals surface area contributed by atoms with Gasteiger partial charge in [-0.1, -0.05) is 32.4 Å². The summed E-state index contributed by atoms with van der Waals surface area (Å²) < 4.78 is 16.5. The third-order valence-electron chi connectivity index (χ3n) is 6.57. The van der Waals surface area contributed by atoms with Crippen LogP contribution in [0, 0.1) is 11.3 Å². The van der Waals surface area contributed by atoms with Crippen LogP contribution in [-0.4, -0.2) is 25.8 Å². The molecule has 1 aliphatic rings. The van der Waals surface area contributed by atoms with Gasteiger partial charge in [0.1, 0.15) is 10.8 Å². The Morgan fingerprint density at radius 3 is 2.83 bits per heavy atom. The first-order valence-corrected chi connectivity index (χ1v) is 13.4. The monoisotopic (exact) mass is 528 g/mol. The van der Waals surface area contributed by atoms with Crippen LogP contribution in [0.4, 0.5) is 5.00 Å². The lowest BCUT2D eigenvalue weighted by Crippen LogP contribution is -2.28. The molecule has 6 nitrogen and oxygen atoms in total. The van der Waals surface area contributed by atoms with E-state index in [0.29, 0.717) is 51.9 Å². The second-order valence-corrected chi connectivity index (χ2v) is 11.5. The molecule has 0 spiro atoms. The zero-order valence-electron chi connectivity index (χ0n) is 21.4. The quantitative estimate of drug-likeness (QED) is 0.313. The van der Waals surface area contributed by atoms with Crippen LogP contribution in [0.3, 0.4) is 0 Å². The molecule has 0 aliphatic heterocycles. The Bertz CT molecular complexity index is 1240. The molecule has 0 unspecified atom stereocenters. The number of thiophene rings is 1. The SMILES string of the molecule is CCOc1cc(C=Nc2sc3c(c2C(=O)NCc2ccco2)CC[C@H](C(C)(C)C)C3)cc(Cl)c1OC. The molecule has 1 atom stereocenters. The van der Waals surface area contributed by atoms with E-state index in [-0.39, 0.29) is 11.3 Å². The minimum Gasteiger partial charge on any atom is -0.491 e. The van der Waals surface area contributed by atoms with E-state index in [1.807, 2.05) is 25.1 Å². The van der Waals surface area contributed by atoms with Gasteiger partial charge in [-0.3, -0.25) is 4.79 Å². The summed E-state index contributed by atoms with van der Waals surface area (Å²) in [4.78, 5) is 19.4. The van der Waals surface area contributed by atoms with Crippen molar-refractivity contribution in [1.82, 2.24) is 5.32 Å². The first-order valence-electron chi connectivity index (χ1n) is 12.2. The van der Waals surface area contributed by atoms with Crippen molar-refractivity contribution in [2.75, 3.05) is 13.7 Å². The summed E-state index contributed by atoms with van der Waals surface area (Å²) >= 11 is 8.04. The van der Waals surface area contributed by atoms with Crippen LogP contribution >= 0.6 is 22.9 Å². The van der Waals surface area contributed by atoms with Gasteiger partial charge in [-0.15, -0.1) is 11.3 Å². The first-order chi connectivity index (χ1) is 17.2. The third-order valence-corrected chi connectivity index (χ3v) is 8.01. The minimum atomic E-state index is -0.131. The average molecular weight is 529 g/mol. The van der Waals surface area contributed by atoms with Crippen LogP contribution < -0.4 is 14.8 Å². The number of methoxy groups -OCH3 is 1. The topological polar surface area (TPSA) is 73.1 Å². The summed E-state index contributed by atoms with van der Waals surface area (Å²) in [5.41, 5.74) is 2.76. The largest absolute Gasteiger partial charge is 0.491 e. The number of rotatable bonds is 8. The Hall–Kier alpha value is -2.77. The molecule has 0 radical (unpaired) electrons. The van der Waals surface area contributed by atoms with E-state index in [1.165, 1.54) is 4.88 Å². The van der Waals surface area contributed by atoms with E-state index in [2.05, 4.69) is 26.1 Å². The molecule has 8 heteroatoms. The van der Waals surface area contributed by atoms with Crippen LogP contribution in [0.2, 0.25) is 5.02 Å². The summed E-state index contributed by atoms with van der Waals surface area (Å²) in [5.74, 6) is 2.20. The number of hydrogen-bond donors (Lipinski definition) is 1. The Morgan fingerprint density at radius 1 is 1.36 bits per heavy atom. The second kappa shape index (κ2) is 11.1. The smallest absolute Gasteiger partial charge is 0.255 e. The van der Waals surface area contributed by atoms with Crippen molar-refractivity contribution < 1.29 is 18.7 Å². The predicted molar refractivity (Wildman–Crippen MR) is 146 cm³/mol. The molecular formula is C28H33ClN2O4S. The van der Waals surface area contributed by atoms with Gasteiger partial charge in [0, 0.05) is 11.1 Å². The molecule has 1 amide bonds. The van der Waals surface area contributed by atoms with E-state index in [0.717, 1.165) is 30.4 Å². The van der Waals surface area contributed by atoms with Crippen molar-refractivity contribution in [1.29, 1.82) is 0 Å². The lowest BCUT2D eigenvalue weighted by Gasteiger charge is -2.33. The number of carbonyl (C=O) groups excluding carboxylic acids is 1. The number of hydrogen-bond acceptors (Lipinski definition) is 6. The van der Waals surface area contributed by atoms with Gasteiger partial charge in [0.25, 0.3) is 5.91 Å². The lowest BCUT2D eigenvalue weighted by molar-refractivity contribution is 0.0947. The van der Waals surface area contributed by atoms with Crippen molar-refractivity contribution in [3.8, 4) is 11.5 Å². The molecule has 0 saturated carbocycles. The van der Waals surface area contributed by atoms with Gasteiger partial charge in [-0.05, 0) is 72.9 Å². The number of aliphatic imine (C=N–C) groups is 1. The van der Waals surface area contributed by atoms with Gasteiger partial charge in [0.15, 0.2) is 11.5 Å². The van der Waals surface area contributed by atoms with Crippen LogP contribution in [0.5, 0.6) is 11.5 Å². The van der Waals surface area contributed by atoms with E-state index in [9.17, 15) is 4.79 Å². The van der Waals surface area contributed by atoms with Crippen molar-refractivity contribution in [2.45, 2.75) is 53.5 Å². The molecule has 0 fully saturated rings. The molecule has 4 rings (SSSR count). The summed E-state index contributed by atoms with van der Waals surface area (Å²) in [6.45, 7) is 9.58. The number of amides is 1. The molecular weight excluding hydrogens is 496 g/mol. The third kappa shape index (κ3) is 5.79. The highest BCUT2D eigenvalue weighted by molar-refractivity contribution is 7.16. The molecule has 0 bridgehead atoms. The fourth-order valence-corrected chi connectivity index (χ4v) is 6.13. The maximum Gasteiger partial charge on any atom is 0.255 e. The highest BCUT2D eigenvalue weighted by atomic mass is 35.5. The lowest BCUT2D eigenvalue weighted by atomic mass is 9.72. The highest BCUT2D eigenvalue weighted by Crippen LogP contribution is 2.45. The van der Waals surface area contributed by atoms with Gasteiger partial charge in [-0.25, -0.2) is 4.99 Å². The van der Waals surface area contributed by atoms with Crippen molar-refractivity contribution in [3.05, 3.63) is 62.9 Å². The zero-order valence-corrected chi connectivity index (χ0v) is 23.0. The molecule has 36 heavy (non-hydrogen) atoms. The average Bonchev–Trinajstić information content (AvgIpc) is 3.48. The van der Waals surface area contributed by atoms with E-state index < -0.39 is 0 Å². The van der Waals surface area contributed by atoms with Crippen molar-refractivity contribution >= 4 is 40.1 Å². The van der Waals surface area contributed by atoms with Crippen molar-refractivity contribution in [3.63, 3.8) is 0 Å². The fourth-order valence-electron chi connectivity index (χ4n) is 4.56. The minimum absolute atomic E-state index is 0.131. The highest BCUT2D eigenvalue weighted by Gasteiger charge is 2.33. The molecule has 1 N–H and O–H groups in total. The van der Waals surface area contributed by atoms with Gasteiger partial charge >= 0.3 is 0 Å². The van der Waals surface area contributed by atoms with Gasteiger partial charge in [0.2, 0.25) is 0 Å². The maximum absolute atomic E-state index is 13.4. The van der Waals surface area contributed by atoms with Gasteiger partial charge in [0.05, 0.1) is 37.1 Å². The van der Waals surface area contributed by atoms with Gasteiger partial charge in [-0.2, -0.15) is 0 Å². The molecule has 3 aromatic rings. The fraction of sp³-hybridized carbons (Fsp3) is 0.429. The Labute approximate surface area is 221 Å². The van der Waals surface area contributed by atoms with Crippen LogP contribution in [0.1, 0.15) is 66.2 Å². The number of furan rings is 1. The molecule has 0 saturated heterocycles. The van der Waals surface area contributed by atoms with Crippen LogP contribution in [-0.2, 0) is 19.4 Å². The number of carbonyl (C=O) groups is 1. The second-order valence-electron chi connectivity index (χ2n) is 9.98. The number of halogens is 1. The van der Waals surface area contributed by atoms with Crippen molar-refractivity contribution in [2.24, 2.45) is 16.3 Å². The molecule has 192 valence electrons. The molecule has 1 aromatic carbocycles. The number of fused-ring (bicyclic) bond motifs is 1. The Kier molecular flexibility index (Phi) is 8.10. The maximum atomic E-state index is 13.4. The first kappa shape index (κ1) is 26.3. The number of ether oxygens (including phenoxy) is 2. The summed E-state index contributed by atoms with van der Waals surface area (Å²) in [5, 5.41) is 4.16. The number of nitrogens with zero attached hydrogens (tertiary/aromatic N) is 1. The molecule has 2 aromatic heterocycles. The molecule has 1 aliphatic carbocycles. The Balaban J connectivity index is 1.68. The number of nitrogens with one attached hydrogen (secondary N) is 1. The summed E-state index contributed by atoms with van der Waals surface area (Å²) in [7, 11) is 1.56. The Morgan fingerprint density at radius 2 is 2.17 bits per heavy atom. The van der Waals surface area contributed by atoms with E-state index in [4.69, 9.17) is 30.5 Å². The standard InChI is InChI=1S/C28H33ClN2O4S/c1-6-34-22-13-17(12-21(29)25(22)33-5)15-31-27-24(26(32)30-16-19-8-7-11-35-19)20-10-9-18(28(2,3)4)14-23(20)36-27/h7-8,11-13,15,18H,6,9-10,14,16H2,1-5H3,(H,30,32)/t18-/m0/s1. The van der Waals surface area contributed by atoms with E-state index in [1.54, 1.807) is 37.0 Å². The predicted octanol–water partition coefficient (Wildman–Crippen LogP) is 7.23. The zero-order chi connectivity index (χ0) is 25.9. The molecule has 2 heterocycles. The summed E-state index contributed by atoms with van der Waals surface area (Å²) in [6.07, 6.45) is 6.22. The number of benzene rings is 1. The van der Waals surface area contributed by atoms with Crippen LogP contribution in [0.25, 0.3) is 0 Å².